The first-order chi connectivity index (χ1) is 16.9. The largest absolute Gasteiger partial charge is 0.494 e. The van der Waals surface area contributed by atoms with Gasteiger partial charge >= 0.3 is 0 Å². The van der Waals surface area contributed by atoms with Crippen LogP contribution in [0, 0.1) is 5.92 Å². The van der Waals surface area contributed by atoms with E-state index in [0.717, 1.165) is 5.75 Å². The number of anilines is 1. The van der Waals surface area contributed by atoms with Gasteiger partial charge < -0.3 is 24.8 Å². The van der Waals surface area contributed by atoms with Crippen molar-refractivity contribution in [3.05, 3.63) is 78.4 Å². The molecule has 3 aromatic carbocycles. The number of benzene rings is 3. The van der Waals surface area contributed by atoms with Crippen molar-refractivity contribution in [2.24, 2.45) is 5.92 Å². The van der Waals surface area contributed by atoms with Crippen molar-refractivity contribution in [2.75, 3.05) is 18.5 Å². The molecule has 0 heterocycles. The summed E-state index contributed by atoms with van der Waals surface area (Å²) < 4.78 is 16.7. The molecule has 3 aromatic rings. The Kier molecular flexibility index (Phi) is 9.12. The van der Waals surface area contributed by atoms with Gasteiger partial charge in [-0.15, -0.1) is 0 Å². The second kappa shape index (κ2) is 12.5. The van der Waals surface area contributed by atoms with E-state index < -0.39 is 6.04 Å². The molecule has 0 aliphatic rings. The Hall–Kier alpha value is -4.00. The normalized spacial score (nSPS) is 11.5. The van der Waals surface area contributed by atoms with Crippen molar-refractivity contribution in [1.82, 2.24) is 5.32 Å². The molecule has 1 atom stereocenters. The fraction of sp³-hybridized carbons (Fsp3) is 0.286. The topological polar surface area (TPSA) is 85.9 Å². The van der Waals surface area contributed by atoms with E-state index >= 15 is 0 Å². The van der Waals surface area contributed by atoms with E-state index in [9.17, 15) is 9.59 Å². The molecular formula is C28H32N2O5. The molecule has 3 rings (SSSR count). The van der Waals surface area contributed by atoms with Gasteiger partial charge in [0.1, 0.15) is 29.0 Å². The highest BCUT2D eigenvalue weighted by Gasteiger charge is 2.25. The molecule has 0 aromatic heterocycles. The molecule has 0 radical (unpaired) electrons. The molecule has 0 bridgehead atoms. The zero-order valence-corrected chi connectivity index (χ0v) is 20.5. The van der Waals surface area contributed by atoms with E-state index in [-0.39, 0.29) is 17.7 Å². The molecular weight excluding hydrogens is 444 g/mol. The van der Waals surface area contributed by atoms with Crippen molar-refractivity contribution >= 4 is 17.5 Å². The summed E-state index contributed by atoms with van der Waals surface area (Å²) in [5.41, 5.74) is 1.07. The minimum Gasteiger partial charge on any atom is -0.494 e. The van der Waals surface area contributed by atoms with Crippen LogP contribution in [-0.2, 0) is 4.79 Å². The highest BCUT2D eigenvalue weighted by molar-refractivity contribution is 6.01. The third kappa shape index (κ3) is 7.50. The number of ether oxygens (including phenoxy) is 3. The second-order valence-corrected chi connectivity index (χ2v) is 8.17. The number of carbonyl (C=O) groups is 2. The molecule has 184 valence electrons. The summed E-state index contributed by atoms with van der Waals surface area (Å²) in [4.78, 5) is 25.6. The van der Waals surface area contributed by atoms with Gasteiger partial charge in [-0.2, -0.15) is 0 Å². The third-order valence-electron chi connectivity index (χ3n) is 5.16. The van der Waals surface area contributed by atoms with Crippen LogP contribution in [0.1, 0.15) is 38.1 Å². The lowest BCUT2D eigenvalue weighted by molar-refractivity contribution is -0.118. The molecule has 7 nitrogen and oxygen atoms in total. The van der Waals surface area contributed by atoms with E-state index in [1.807, 2.05) is 52.0 Å². The van der Waals surface area contributed by atoms with Crippen molar-refractivity contribution in [2.45, 2.75) is 33.7 Å². The predicted molar refractivity (Wildman–Crippen MR) is 136 cm³/mol. The second-order valence-electron chi connectivity index (χ2n) is 8.17. The third-order valence-corrected chi connectivity index (χ3v) is 5.16. The van der Waals surface area contributed by atoms with Crippen molar-refractivity contribution in [3.8, 4) is 23.0 Å². The van der Waals surface area contributed by atoms with Gasteiger partial charge in [0.25, 0.3) is 5.91 Å². The summed E-state index contributed by atoms with van der Waals surface area (Å²) in [5.74, 6) is 2.08. The van der Waals surface area contributed by atoms with E-state index in [1.165, 1.54) is 0 Å². The lowest BCUT2D eigenvalue weighted by Gasteiger charge is -2.22. The first-order valence-corrected chi connectivity index (χ1v) is 11.7. The minimum atomic E-state index is -0.700. The Morgan fingerprint density at radius 3 is 1.66 bits per heavy atom. The van der Waals surface area contributed by atoms with Crippen molar-refractivity contribution < 1.29 is 23.8 Å². The fourth-order valence-electron chi connectivity index (χ4n) is 3.36. The molecule has 2 amide bonds. The maximum absolute atomic E-state index is 12.9. The van der Waals surface area contributed by atoms with Crippen LogP contribution in [0.2, 0.25) is 0 Å². The van der Waals surface area contributed by atoms with Crippen LogP contribution in [0.25, 0.3) is 0 Å². The van der Waals surface area contributed by atoms with Crippen LogP contribution in [0.4, 0.5) is 5.69 Å². The fourth-order valence-corrected chi connectivity index (χ4v) is 3.36. The molecule has 35 heavy (non-hydrogen) atoms. The number of amides is 2. The zero-order valence-electron chi connectivity index (χ0n) is 20.5. The van der Waals surface area contributed by atoms with Gasteiger partial charge in [0.2, 0.25) is 5.91 Å². The summed E-state index contributed by atoms with van der Waals surface area (Å²) in [6, 6.07) is 20.6. The molecule has 0 unspecified atom stereocenters. The maximum Gasteiger partial charge on any atom is 0.251 e. The number of rotatable bonds is 11. The number of hydrogen-bond acceptors (Lipinski definition) is 5. The lowest BCUT2D eigenvalue weighted by atomic mass is 10.0. The van der Waals surface area contributed by atoms with Crippen LogP contribution in [0.3, 0.4) is 0 Å². The molecule has 0 spiro atoms. The molecule has 0 fully saturated rings. The van der Waals surface area contributed by atoms with Crippen LogP contribution < -0.4 is 24.8 Å². The average Bonchev–Trinajstić information content (AvgIpc) is 2.85. The summed E-state index contributed by atoms with van der Waals surface area (Å²) >= 11 is 0. The van der Waals surface area contributed by atoms with Crippen molar-refractivity contribution in [1.29, 1.82) is 0 Å². The van der Waals surface area contributed by atoms with E-state index in [4.69, 9.17) is 14.2 Å². The summed E-state index contributed by atoms with van der Waals surface area (Å²) in [5, 5.41) is 5.71. The Morgan fingerprint density at radius 2 is 1.17 bits per heavy atom. The Bertz CT molecular complexity index is 1090. The minimum absolute atomic E-state index is 0.107. The van der Waals surface area contributed by atoms with E-state index in [0.29, 0.717) is 41.7 Å². The van der Waals surface area contributed by atoms with Gasteiger partial charge in [0.05, 0.1) is 13.2 Å². The number of hydrogen-bond donors (Lipinski definition) is 2. The SMILES string of the molecule is CCOc1ccc(Oc2ccc(NC(=O)[C@@H](NC(=O)c3ccc(OCC)cc3)C(C)C)cc2)cc1. The summed E-state index contributed by atoms with van der Waals surface area (Å²) in [7, 11) is 0. The van der Waals surface area contributed by atoms with Gasteiger partial charge in [0.15, 0.2) is 0 Å². The number of nitrogens with one attached hydrogen (secondary N) is 2. The van der Waals surface area contributed by atoms with Crippen LogP contribution in [0.15, 0.2) is 72.8 Å². The first kappa shape index (κ1) is 25.6. The van der Waals surface area contributed by atoms with Gasteiger partial charge in [-0.05, 0) is 92.6 Å². The smallest absolute Gasteiger partial charge is 0.251 e. The van der Waals surface area contributed by atoms with Gasteiger partial charge in [-0.3, -0.25) is 9.59 Å². The summed E-state index contributed by atoms with van der Waals surface area (Å²) in [6.45, 7) is 8.76. The quantitative estimate of drug-likeness (QED) is 0.372. The van der Waals surface area contributed by atoms with Gasteiger partial charge in [0, 0.05) is 11.3 Å². The van der Waals surface area contributed by atoms with Gasteiger partial charge in [-0.1, -0.05) is 13.8 Å². The first-order valence-electron chi connectivity index (χ1n) is 11.7. The average molecular weight is 477 g/mol. The molecule has 7 heteroatoms. The molecule has 2 N–H and O–H groups in total. The van der Waals surface area contributed by atoms with Gasteiger partial charge in [-0.25, -0.2) is 0 Å². The highest BCUT2D eigenvalue weighted by Crippen LogP contribution is 2.25. The Balaban J connectivity index is 1.59. The summed E-state index contributed by atoms with van der Waals surface area (Å²) in [6.07, 6.45) is 0. The highest BCUT2D eigenvalue weighted by atomic mass is 16.5. The predicted octanol–water partition coefficient (Wildman–Crippen LogP) is 5.67. The maximum atomic E-state index is 12.9. The molecule has 0 aliphatic carbocycles. The van der Waals surface area contributed by atoms with Crippen molar-refractivity contribution in [3.63, 3.8) is 0 Å². The molecule has 0 saturated heterocycles. The zero-order chi connectivity index (χ0) is 25.2. The van der Waals surface area contributed by atoms with Crippen LogP contribution in [0.5, 0.6) is 23.0 Å². The Morgan fingerprint density at radius 1 is 0.714 bits per heavy atom. The molecule has 0 aliphatic heterocycles. The number of carbonyl (C=O) groups excluding carboxylic acids is 2. The van der Waals surface area contributed by atoms with E-state index in [2.05, 4.69) is 10.6 Å². The monoisotopic (exact) mass is 476 g/mol. The lowest BCUT2D eigenvalue weighted by Crippen LogP contribution is -2.47. The Labute approximate surface area is 206 Å². The van der Waals surface area contributed by atoms with Crippen LogP contribution >= 0.6 is 0 Å². The standard InChI is InChI=1S/C28H32N2O5/c1-5-33-22-11-7-20(8-12-22)27(31)30-26(19(3)4)28(32)29-21-9-13-24(14-10-21)35-25-17-15-23(16-18-25)34-6-2/h7-19,26H,5-6H2,1-4H3,(H,29,32)(H,30,31)/t26-/m0/s1. The van der Waals surface area contributed by atoms with Crippen LogP contribution in [-0.4, -0.2) is 31.1 Å². The van der Waals surface area contributed by atoms with E-state index in [1.54, 1.807) is 48.5 Å². The molecule has 0 saturated carbocycles.